The molecule has 2 aliphatic carbocycles. The minimum atomic E-state index is 0.168. The fraction of sp³-hybridized carbons (Fsp3) is 0.577. The van der Waals surface area contributed by atoms with E-state index in [0.29, 0.717) is 17.9 Å². The van der Waals surface area contributed by atoms with Crippen LogP contribution in [0.4, 0.5) is 4.79 Å². The molecule has 30 heavy (non-hydrogen) atoms. The van der Waals surface area contributed by atoms with Gasteiger partial charge in [0, 0.05) is 38.1 Å². The Morgan fingerprint density at radius 2 is 1.87 bits per heavy atom. The molecular formula is C26H35N3O. The normalized spacial score (nSPS) is 26.2. The van der Waals surface area contributed by atoms with Crippen molar-refractivity contribution in [1.82, 2.24) is 15.1 Å². The molecule has 1 N–H and O–H groups in total. The highest BCUT2D eigenvalue weighted by atomic mass is 16.2. The number of hydrogen-bond acceptors (Lipinski definition) is 2. The predicted molar refractivity (Wildman–Crippen MR) is 122 cm³/mol. The van der Waals surface area contributed by atoms with E-state index in [1.165, 1.54) is 48.9 Å². The second kappa shape index (κ2) is 8.87. The van der Waals surface area contributed by atoms with E-state index in [1.54, 1.807) is 0 Å². The number of fused-ring (bicyclic) bond motifs is 1. The van der Waals surface area contributed by atoms with Gasteiger partial charge in [0.1, 0.15) is 0 Å². The third-order valence-corrected chi connectivity index (χ3v) is 7.59. The molecule has 1 saturated heterocycles. The lowest BCUT2D eigenvalue weighted by Crippen LogP contribution is -2.43. The first kappa shape index (κ1) is 19.7. The molecule has 0 aromatic heterocycles. The van der Waals surface area contributed by atoms with Crippen LogP contribution >= 0.6 is 0 Å². The van der Waals surface area contributed by atoms with Gasteiger partial charge in [-0.1, -0.05) is 49.3 Å². The van der Waals surface area contributed by atoms with Crippen LogP contribution in [0.5, 0.6) is 0 Å². The molecule has 2 atom stereocenters. The number of urea groups is 1. The number of rotatable bonds is 5. The number of allylic oxidation sites excluding steroid dienone is 1. The maximum atomic E-state index is 12.8. The Morgan fingerprint density at radius 1 is 1.03 bits per heavy atom. The lowest BCUT2D eigenvalue weighted by Gasteiger charge is -2.26. The van der Waals surface area contributed by atoms with Crippen molar-refractivity contribution in [1.29, 1.82) is 0 Å². The topological polar surface area (TPSA) is 35.6 Å². The van der Waals surface area contributed by atoms with Gasteiger partial charge in [-0.25, -0.2) is 4.79 Å². The van der Waals surface area contributed by atoms with Gasteiger partial charge in [0.05, 0.1) is 0 Å². The van der Waals surface area contributed by atoms with Crippen LogP contribution in [-0.4, -0.2) is 48.1 Å². The summed E-state index contributed by atoms with van der Waals surface area (Å²) in [5.74, 6) is 1.11. The first-order valence-corrected chi connectivity index (χ1v) is 12.0. The van der Waals surface area contributed by atoms with Crippen molar-refractivity contribution in [2.24, 2.45) is 11.8 Å². The van der Waals surface area contributed by atoms with E-state index in [1.807, 2.05) is 0 Å². The molecule has 2 fully saturated rings. The monoisotopic (exact) mass is 405 g/mol. The van der Waals surface area contributed by atoms with Crippen LogP contribution in [0.15, 0.2) is 42.6 Å². The number of amides is 2. The second-order valence-electron chi connectivity index (χ2n) is 9.60. The van der Waals surface area contributed by atoms with E-state index in [-0.39, 0.29) is 6.03 Å². The molecule has 2 heterocycles. The summed E-state index contributed by atoms with van der Waals surface area (Å²) in [5, 5.41) is 3.29. The zero-order valence-corrected chi connectivity index (χ0v) is 18.1. The molecule has 1 aromatic rings. The summed E-state index contributed by atoms with van der Waals surface area (Å²) >= 11 is 0. The van der Waals surface area contributed by atoms with Crippen molar-refractivity contribution < 1.29 is 4.79 Å². The smallest absolute Gasteiger partial charge is 0.317 e. The molecule has 160 valence electrons. The fourth-order valence-electron chi connectivity index (χ4n) is 5.82. The summed E-state index contributed by atoms with van der Waals surface area (Å²) < 4.78 is 0. The number of carbonyl (C=O) groups excluding carboxylic acids is 1. The van der Waals surface area contributed by atoms with Crippen molar-refractivity contribution in [3.05, 3.63) is 53.7 Å². The van der Waals surface area contributed by atoms with Gasteiger partial charge in [-0.15, -0.1) is 0 Å². The Labute approximate surface area is 181 Å². The minimum Gasteiger partial charge on any atom is -0.377 e. The van der Waals surface area contributed by atoms with Crippen LogP contribution in [0.2, 0.25) is 0 Å². The molecule has 0 radical (unpaired) electrons. The Bertz CT molecular complexity index is 806. The third kappa shape index (κ3) is 4.28. The van der Waals surface area contributed by atoms with E-state index in [2.05, 4.69) is 57.7 Å². The Morgan fingerprint density at radius 3 is 2.63 bits per heavy atom. The summed E-state index contributed by atoms with van der Waals surface area (Å²) in [6.45, 7) is 4.06. The number of carbonyl (C=O) groups is 1. The average molecular weight is 406 g/mol. The molecule has 0 bridgehead atoms. The molecule has 1 saturated carbocycles. The van der Waals surface area contributed by atoms with E-state index >= 15 is 0 Å². The number of likely N-dealkylation sites (tertiary alicyclic amines) is 1. The Kier molecular flexibility index (Phi) is 5.83. The standard InChI is InChI=1S/C26H35N3O/c30-26(27-23-7-1-2-8-23)29-18-22-6-5-9-24(25(22)19-29)21-12-10-20(11-13-21)14-17-28-15-3-4-16-28/h3,9-13,15,22-23,25H,1-2,4-8,14,16-19H2,(H,27,30). The van der Waals surface area contributed by atoms with E-state index < -0.39 is 0 Å². The lowest BCUT2D eigenvalue weighted by atomic mass is 9.78. The van der Waals surface area contributed by atoms with Gasteiger partial charge < -0.3 is 15.1 Å². The van der Waals surface area contributed by atoms with E-state index in [0.717, 1.165) is 45.3 Å². The summed E-state index contributed by atoms with van der Waals surface area (Å²) in [5.41, 5.74) is 4.24. The van der Waals surface area contributed by atoms with Crippen LogP contribution in [0.25, 0.3) is 5.57 Å². The summed E-state index contributed by atoms with van der Waals surface area (Å²) in [7, 11) is 0. The van der Waals surface area contributed by atoms with Gasteiger partial charge in [0.15, 0.2) is 0 Å². The maximum absolute atomic E-state index is 12.8. The van der Waals surface area contributed by atoms with Crippen molar-refractivity contribution in [2.45, 2.75) is 57.4 Å². The minimum absolute atomic E-state index is 0.168. The first-order valence-electron chi connectivity index (χ1n) is 12.0. The molecule has 0 spiro atoms. The second-order valence-corrected chi connectivity index (χ2v) is 9.60. The highest BCUT2D eigenvalue weighted by molar-refractivity contribution is 5.77. The van der Waals surface area contributed by atoms with Gasteiger partial charge in [0.25, 0.3) is 0 Å². The van der Waals surface area contributed by atoms with Gasteiger partial charge in [-0.3, -0.25) is 0 Å². The molecule has 2 aliphatic heterocycles. The van der Waals surface area contributed by atoms with Gasteiger partial charge >= 0.3 is 6.03 Å². The quantitative estimate of drug-likeness (QED) is 0.762. The molecule has 1 aromatic carbocycles. The Balaban J connectivity index is 1.20. The number of benzene rings is 1. The van der Waals surface area contributed by atoms with Crippen molar-refractivity contribution >= 4 is 11.6 Å². The summed E-state index contributed by atoms with van der Waals surface area (Å²) in [6.07, 6.45) is 16.4. The highest BCUT2D eigenvalue weighted by Crippen LogP contribution is 2.41. The zero-order chi connectivity index (χ0) is 20.3. The fourth-order valence-corrected chi connectivity index (χ4v) is 5.82. The molecule has 2 unspecified atom stereocenters. The highest BCUT2D eigenvalue weighted by Gasteiger charge is 2.39. The Hall–Kier alpha value is -2.23. The van der Waals surface area contributed by atoms with Crippen LogP contribution < -0.4 is 5.32 Å². The van der Waals surface area contributed by atoms with E-state index in [9.17, 15) is 4.79 Å². The average Bonchev–Trinajstić information content (AvgIpc) is 3.53. The molecule has 4 aliphatic rings. The molecule has 2 amide bonds. The zero-order valence-electron chi connectivity index (χ0n) is 18.1. The van der Waals surface area contributed by atoms with Crippen LogP contribution in [0.3, 0.4) is 0 Å². The van der Waals surface area contributed by atoms with Crippen molar-refractivity contribution in [3.63, 3.8) is 0 Å². The van der Waals surface area contributed by atoms with Crippen LogP contribution in [0.1, 0.15) is 56.1 Å². The van der Waals surface area contributed by atoms with Crippen molar-refractivity contribution in [3.8, 4) is 0 Å². The summed E-state index contributed by atoms with van der Waals surface area (Å²) in [4.78, 5) is 17.3. The number of nitrogens with zero attached hydrogens (tertiary/aromatic N) is 2. The third-order valence-electron chi connectivity index (χ3n) is 7.59. The SMILES string of the molecule is O=C(NC1CCCC1)N1CC2CCC=C(c3ccc(CCN4C=CCC4)cc3)C2C1. The van der Waals surface area contributed by atoms with Gasteiger partial charge in [0.2, 0.25) is 0 Å². The van der Waals surface area contributed by atoms with Crippen LogP contribution in [-0.2, 0) is 6.42 Å². The molecule has 4 heteroatoms. The number of hydrogen-bond donors (Lipinski definition) is 1. The lowest BCUT2D eigenvalue weighted by molar-refractivity contribution is 0.202. The van der Waals surface area contributed by atoms with Gasteiger partial charge in [-0.2, -0.15) is 0 Å². The van der Waals surface area contributed by atoms with Crippen LogP contribution in [0, 0.1) is 11.8 Å². The molecule has 5 rings (SSSR count). The molecule has 4 nitrogen and oxygen atoms in total. The molecular weight excluding hydrogens is 370 g/mol. The van der Waals surface area contributed by atoms with Crippen molar-refractivity contribution in [2.75, 3.05) is 26.2 Å². The summed E-state index contributed by atoms with van der Waals surface area (Å²) in [6, 6.07) is 9.80. The van der Waals surface area contributed by atoms with Gasteiger partial charge in [-0.05, 0) is 67.3 Å². The largest absolute Gasteiger partial charge is 0.377 e. The first-order chi connectivity index (χ1) is 14.8. The predicted octanol–water partition coefficient (Wildman–Crippen LogP) is 4.83. The van der Waals surface area contributed by atoms with E-state index in [4.69, 9.17) is 0 Å². The maximum Gasteiger partial charge on any atom is 0.317 e. The number of nitrogens with one attached hydrogen (secondary N) is 1.